The van der Waals surface area contributed by atoms with E-state index in [4.69, 9.17) is 9.26 Å². The van der Waals surface area contributed by atoms with Gasteiger partial charge >= 0.3 is 0 Å². The van der Waals surface area contributed by atoms with Gasteiger partial charge in [-0.3, -0.25) is 14.5 Å². The second kappa shape index (κ2) is 5.56. The molecular weight excluding hydrogens is 312 g/mol. The second-order valence-electron chi connectivity index (χ2n) is 7.09. The molecule has 1 aromatic rings. The van der Waals surface area contributed by atoms with E-state index in [0.717, 1.165) is 18.6 Å². The van der Waals surface area contributed by atoms with Crippen LogP contribution in [0.1, 0.15) is 35.0 Å². The molecule has 0 radical (unpaired) electrons. The summed E-state index contributed by atoms with van der Waals surface area (Å²) in [6, 6.07) is 1.49. The van der Waals surface area contributed by atoms with E-state index in [0.29, 0.717) is 37.9 Å². The first kappa shape index (κ1) is 15.6. The van der Waals surface area contributed by atoms with Crippen molar-refractivity contribution in [3.63, 3.8) is 0 Å². The molecule has 3 heterocycles. The van der Waals surface area contributed by atoms with Gasteiger partial charge in [-0.15, -0.1) is 0 Å². The highest BCUT2D eigenvalue weighted by Crippen LogP contribution is 2.40. The van der Waals surface area contributed by atoms with Crippen LogP contribution in [0.15, 0.2) is 10.6 Å². The van der Waals surface area contributed by atoms with Crippen molar-refractivity contribution in [1.29, 1.82) is 0 Å². The standard InChI is InChI=1S/C16H22N4O4/c1-17-14(21)12-6-23-16(7-19(12)2)8-20(9-16)15(22)11-5-13(24-18-11)10-3-4-10/h5,10,12H,3-4,6-9H2,1-2H3,(H,17,21). The maximum Gasteiger partial charge on any atom is 0.276 e. The van der Waals surface area contributed by atoms with Crippen LogP contribution in [0.25, 0.3) is 0 Å². The summed E-state index contributed by atoms with van der Waals surface area (Å²) in [6.07, 6.45) is 2.23. The Morgan fingerprint density at radius 2 is 2.08 bits per heavy atom. The maximum absolute atomic E-state index is 12.5. The van der Waals surface area contributed by atoms with Crippen molar-refractivity contribution in [2.24, 2.45) is 0 Å². The van der Waals surface area contributed by atoms with Gasteiger partial charge in [-0.1, -0.05) is 5.16 Å². The van der Waals surface area contributed by atoms with Crippen LogP contribution in [0.3, 0.4) is 0 Å². The van der Waals surface area contributed by atoms with Gasteiger partial charge in [-0.2, -0.15) is 0 Å². The first-order valence-electron chi connectivity index (χ1n) is 8.33. The van der Waals surface area contributed by atoms with Crippen molar-refractivity contribution in [2.75, 3.05) is 40.3 Å². The molecule has 1 aliphatic carbocycles. The molecule has 130 valence electrons. The van der Waals surface area contributed by atoms with Gasteiger partial charge in [0.15, 0.2) is 5.69 Å². The van der Waals surface area contributed by atoms with Crippen LogP contribution in [0.5, 0.6) is 0 Å². The Labute approximate surface area is 140 Å². The summed E-state index contributed by atoms with van der Waals surface area (Å²) in [7, 11) is 3.53. The van der Waals surface area contributed by atoms with Gasteiger partial charge < -0.3 is 19.5 Å². The van der Waals surface area contributed by atoms with E-state index in [1.54, 1.807) is 18.0 Å². The molecule has 2 aliphatic heterocycles. The number of hydrogen-bond acceptors (Lipinski definition) is 6. The predicted molar refractivity (Wildman–Crippen MR) is 83.5 cm³/mol. The Kier molecular flexibility index (Phi) is 3.61. The molecule has 2 saturated heterocycles. The lowest BCUT2D eigenvalue weighted by molar-refractivity contribution is -0.187. The van der Waals surface area contributed by atoms with Crippen LogP contribution in [0.4, 0.5) is 0 Å². The Morgan fingerprint density at radius 3 is 2.71 bits per heavy atom. The summed E-state index contributed by atoms with van der Waals surface area (Å²) in [5.74, 6) is 1.10. The van der Waals surface area contributed by atoms with Gasteiger partial charge in [0.1, 0.15) is 17.4 Å². The van der Waals surface area contributed by atoms with E-state index in [9.17, 15) is 9.59 Å². The van der Waals surface area contributed by atoms with E-state index in [1.165, 1.54) is 0 Å². The number of morpholine rings is 1. The molecule has 0 bridgehead atoms. The van der Waals surface area contributed by atoms with E-state index < -0.39 is 0 Å². The predicted octanol–water partition coefficient (Wildman–Crippen LogP) is -0.177. The highest BCUT2D eigenvalue weighted by molar-refractivity contribution is 5.93. The SMILES string of the molecule is CNC(=O)C1COC2(CN(C(=O)c3cc(C4CC4)on3)C2)CN1C. The molecule has 8 heteroatoms. The molecule has 0 aromatic carbocycles. The number of carbonyl (C=O) groups excluding carboxylic acids is 2. The van der Waals surface area contributed by atoms with Crippen molar-refractivity contribution >= 4 is 11.8 Å². The van der Waals surface area contributed by atoms with Crippen LogP contribution in [0.2, 0.25) is 0 Å². The van der Waals surface area contributed by atoms with Crippen molar-refractivity contribution in [2.45, 2.75) is 30.4 Å². The van der Waals surface area contributed by atoms with Crippen molar-refractivity contribution in [3.8, 4) is 0 Å². The summed E-state index contributed by atoms with van der Waals surface area (Å²) < 4.78 is 11.2. The Bertz CT molecular complexity index is 663. The van der Waals surface area contributed by atoms with Crippen LogP contribution in [-0.4, -0.2) is 78.8 Å². The molecule has 1 spiro atoms. The third kappa shape index (κ3) is 2.59. The number of amides is 2. The number of likely N-dealkylation sites (tertiary alicyclic amines) is 1. The van der Waals surface area contributed by atoms with Gasteiger partial charge in [0, 0.05) is 25.6 Å². The summed E-state index contributed by atoms with van der Waals surface area (Å²) in [6.45, 7) is 2.00. The van der Waals surface area contributed by atoms with Crippen molar-refractivity contribution in [3.05, 3.63) is 17.5 Å². The lowest BCUT2D eigenvalue weighted by Crippen LogP contribution is -2.73. The quantitative estimate of drug-likeness (QED) is 0.825. The number of rotatable bonds is 3. The van der Waals surface area contributed by atoms with Crippen molar-refractivity contribution in [1.82, 2.24) is 20.3 Å². The number of nitrogens with zero attached hydrogens (tertiary/aromatic N) is 3. The average molecular weight is 334 g/mol. The molecule has 1 saturated carbocycles. The number of nitrogens with one attached hydrogen (secondary N) is 1. The monoisotopic (exact) mass is 334 g/mol. The summed E-state index contributed by atoms with van der Waals surface area (Å²) in [4.78, 5) is 28.0. The van der Waals surface area contributed by atoms with Crippen LogP contribution in [-0.2, 0) is 9.53 Å². The minimum absolute atomic E-state index is 0.0465. The fourth-order valence-corrected chi connectivity index (χ4v) is 3.53. The topological polar surface area (TPSA) is 87.9 Å². The minimum atomic E-state index is -0.377. The molecule has 3 aliphatic rings. The van der Waals surface area contributed by atoms with Crippen LogP contribution < -0.4 is 5.32 Å². The molecule has 4 rings (SSSR count). The first-order chi connectivity index (χ1) is 11.5. The molecule has 3 fully saturated rings. The fraction of sp³-hybridized carbons (Fsp3) is 0.688. The molecule has 1 atom stereocenters. The Balaban J connectivity index is 1.35. The number of carbonyl (C=O) groups is 2. The number of likely N-dealkylation sites (N-methyl/N-ethyl adjacent to an activating group) is 2. The Hall–Kier alpha value is -1.93. The zero-order valence-electron chi connectivity index (χ0n) is 13.9. The second-order valence-corrected chi connectivity index (χ2v) is 7.09. The molecule has 1 N–H and O–H groups in total. The number of ether oxygens (including phenoxy) is 1. The maximum atomic E-state index is 12.5. The zero-order chi connectivity index (χ0) is 16.9. The highest BCUT2D eigenvalue weighted by atomic mass is 16.5. The Morgan fingerprint density at radius 1 is 1.33 bits per heavy atom. The zero-order valence-corrected chi connectivity index (χ0v) is 13.9. The lowest BCUT2D eigenvalue weighted by Gasteiger charge is -2.54. The minimum Gasteiger partial charge on any atom is -0.368 e. The van der Waals surface area contributed by atoms with Gasteiger partial charge in [0.25, 0.3) is 5.91 Å². The largest absolute Gasteiger partial charge is 0.368 e. The van der Waals surface area contributed by atoms with Gasteiger partial charge in [-0.25, -0.2) is 0 Å². The lowest BCUT2D eigenvalue weighted by atomic mass is 9.90. The normalized spacial score (nSPS) is 26.2. The first-order valence-corrected chi connectivity index (χ1v) is 8.33. The smallest absolute Gasteiger partial charge is 0.276 e. The average Bonchev–Trinajstić information content (AvgIpc) is 3.28. The molecule has 24 heavy (non-hydrogen) atoms. The van der Waals surface area contributed by atoms with E-state index in [1.807, 2.05) is 11.9 Å². The van der Waals surface area contributed by atoms with Gasteiger partial charge in [0.2, 0.25) is 5.91 Å². The van der Waals surface area contributed by atoms with Gasteiger partial charge in [-0.05, 0) is 19.9 Å². The van der Waals surface area contributed by atoms with Crippen molar-refractivity contribution < 1.29 is 18.8 Å². The molecular formula is C16H22N4O4. The van der Waals surface area contributed by atoms with Gasteiger partial charge in [0.05, 0.1) is 19.7 Å². The molecule has 8 nitrogen and oxygen atoms in total. The number of hydrogen-bond donors (Lipinski definition) is 1. The van der Waals surface area contributed by atoms with Crippen LogP contribution in [0, 0.1) is 0 Å². The van der Waals surface area contributed by atoms with E-state index in [-0.39, 0.29) is 23.5 Å². The molecule has 2 amide bonds. The summed E-state index contributed by atoms with van der Waals surface area (Å²) in [5.41, 5.74) is -0.00278. The molecule has 1 unspecified atom stereocenters. The van der Waals surface area contributed by atoms with E-state index >= 15 is 0 Å². The number of aromatic nitrogens is 1. The van der Waals surface area contributed by atoms with Crippen LogP contribution >= 0.6 is 0 Å². The highest BCUT2D eigenvalue weighted by Gasteiger charge is 2.51. The summed E-state index contributed by atoms with van der Waals surface area (Å²) >= 11 is 0. The fourth-order valence-electron chi connectivity index (χ4n) is 3.53. The molecule has 1 aromatic heterocycles. The third-order valence-electron chi connectivity index (χ3n) is 5.14. The summed E-state index contributed by atoms with van der Waals surface area (Å²) in [5, 5.41) is 6.55. The van der Waals surface area contributed by atoms with E-state index in [2.05, 4.69) is 10.5 Å². The third-order valence-corrected chi connectivity index (χ3v) is 5.14.